The van der Waals surface area contributed by atoms with Gasteiger partial charge in [-0.25, -0.2) is 9.29 Å². The van der Waals surface area contributed by atoms with E-state index in [2.05, 4.69) is 5.32 Å². The summed E-state index contributed by atoms with van der Waals surface area (Å²) >= 11 is 5.07. The first-order valence-electron chi connectivity index (χ1n) is 8.29. The monoisotopic (exact) mass is 383 g/mol. The van der Waals surface area contributed by atoms with Crippen LogP contribution in [0.4, 0.5) is 15.8 Å². The number of allylic oxidation sites excluding steroid dienone is 1. The maximum atomic E-state index is 14.1. The average Bonchev–Trinajstić information content (AvgIpc) is 2.63. The first-order chi connectivity index (χ1) is 12.9. The molecule has 0 aliphatic carbocycles. The molecule has 2 aromatic rings. The molecule has 0 saturated carbocycles. The van der Waals surface area contributed by atoms with Crippen LogP contribution in [0.5, 0.6) is 0 Å². The second kappa shape index (κ2) is 7.67. The molecule has 0 atom stereocenters. The molecule has 2 aromatic carbocycles. The minimum atomic E-state index is -0.640. The minimum absolute atomic E-state index is 0.00809. The molecule has 138 valence electrons. The highest BCUT2D eigenvalue weighted by Crippen LogP contribution is 2.24. The van der Waals surface area contributed by atoms with Crippen LogP contribution < -0.4 is 15.1 Å². The van der Waals surface area contributed by atoms with Gasteiger partial charge in [0, 0.05) is 19.8 Å². The van der Waals surface area contributed by atoms with Gasteiger partial charge >= 0.3 is 0 Å². The van der Waals surface area contributed by atoms with Crippen molar-refractivity contribution in [1.82, 2.24) is 5.32 Å². The minimum Gasteiger partial charge on any atom is -0.378 e. The summed E-state index contributed by atoms with van der Waals surface area (Å²) in [5.74, 6) is -1.82. The van der Waals surface area contributed by atoms with Crippen LogP contribution in [0.2, 0.25) is 0 Å². The third-order valence-electron chi connectivity index (χ3n) is 4.19. The van der Waals surface area contributed by atoms with E-state index in [9.17, 15) is 14.0 Å². The van der Waals surface area contributed by atoms with Crippen LogP contribution in [0.3, 0.4) is 0 Å². The molecule has 5 nitrogen and oxygen atoms in total. The molecule has 3 rings (SSSR count). The average molecular weight is 383 g/mol. The van der Waals surface area contributed by atoms with Crippen molar-refractivity contribution >= 4 is 40.5 Å². The van der Waals surface area contributed by atoms with E-state index in [0.717, 1.165) is 16.2 Å². The zero-order valence-electron chi connectivity index (χ0n) is 14.9. The molecular weight excluding hydrogens is 365 g/mol. The molecule has 0 unspecified atom stereocenters. The van der Waals surface area contributed by atoms with E-state index in [1.54, 1.807) is 6.07 Å². The number of hydrogen-bond acceptors (Lipinski definition) is 4. The molecule has 27 heavy (non-hydrogen) atoms. The lowest BCUT2D eigenvalue weighted by atomic mass is 10.1. The second-order valence-electron chi connectivity index (χ2n) is 6.23. The van der Waals surface area contributed by atoms with Gasteiger partial charge in [-0.2, -0.15) is 0 Å². The van der Waals surface area contributed by atoms with E-state index in [1.165, 1.54) is 24.3 Å². The normalized spacial score (nSPS) is 15.9. The Labute approximate surface area is 162 Å². The van der Waals surface area contributed by atoms with Crippen LogP contribution in [0, 0.1) is 5.82 Å². The topological polar surface area (TPSA) is 52.7 Å². The van der Waals surface area contributed by atoms with Crippen molar-refractivity contribution in [3.63, 3.8) is 0 Å². The zero-order chi connectivity index (χ0) is 19.6. The quantitative estimate of drug-likeness (QED) is 0.501. The van der Waals surface area contributed by atoms with Crippen molar-refractivity contribution in [2.75, 3.05) is 23.9 Å². The van der Waals surface area contributed by atoms with Crippen molar-refractivity contribution in [1.29, 1.82) is 0 Å². The second-order valence-corrected chi connectivity index (χ2v) is 6.62. The Hall–Kier alpha value is -3.06. The number of para-hydroxylation sites is 1. The standard InChI is InChI=1S/C20H18FN3O2S/c1-23(2)14-10-7-13(8-11-14)9-12-15-18(25)22-20(27)24(19(15)26)17-6-4-3-5-16(17)21/h3-8,10-12H,9H2,1-2H3,(H,22,25,27)/b15-12-. The summed E-state index contributed by atoms with van der Waals surface area (Å²) in [6, 6.07) is 13.6. The van der Waals surface area contributed by atoms with Gasteiger partial charge in [0.1, 0.15) is 11.4 Å². The first-order valence-corrected chi connectivity index (χ1v) is 8.70. The lowest BCUT2D eigenvalue weighted by molar-refractivity contribution is -0.122. The number of anilines is 2. The fraction of sp³-hybridized carbons (Fsp3) is 0.150. The van der Waals surface area contributed by atoms with Gasteiger partial charge in [0.25, 0.3) is 11.8 Å². The Morgan fingerprint density at radius 2 is 1.78 bits per heavy atom. The molecule has 1 N–H and O–H groups in total. The van der Waals surface area contributed by atoms with Gasteiger partial charge in [-0.1, -0.05) is 30.3 Å². The van der Waals surface area contributed by atoms with E-state index in [-0.39, 0.29) is 16.4 Å². The molecule has 0 bridgehead atoms. The van der Waals surface area contributed by atoms with Crippen LogP contribution in [-0.4, -0.2) is 31.0 Å². The number of rotatable bonds is 4. The Morgan fingerprint density at radius 3 is 2.41 bits per heavy atom. The maximum absolute atomic E-state index is 14.1. The van der Waals surface area contributed by atoms with Crippen molar-refractivity contribution in [2.24, 2.45) is 0 Å². The summed E-state index contributed by atoms with van der Waals surface area (Å²) in [4.78, 5) is 28.0. The number of nitrogens with one attached hydrogen (secondary N) is 1. The summed E-state index contributed by atoms with van der Waals surface area (Å²) in [5, 5.41) is 2.32. The first kappa shape index (κ1) is 18.7. The molecule has 1 fully saturated rings. The molecule has 1 aliphatic heterocycles. The largest absolute Gasteiger partial charge is 0.378 e. The smallest absolute Gasteiger partial charge is 0.270 e. The molecule has 2 amide bonds. The Kier molecular flexibility index (Phi) is 5.32. The number of carbonyl (C=O) groups excluding carboxylic acids is 2. The number of thiocarbonyl (C=S) groups is 1. The lowest BCUT2D eigenvalue weighted by Crippen LogP contribution is -2.54. The Balaban J connectivity index is 1.86. The highest BCUT2D eigenvalue weighted by molar-refractivity contribution is 7.80. The number of hydrogen-bond donors (Lipinski definition) is 1. The van der Waals surface area contributed by atoms with E-state index >= 15 is 0 Å². The Bertz CT molecular complexity index is 938. The van der Waals surface area contributed by atoms with Gasteiger partial charge in [-0.3, -0.25) is 14.9 Å². The van der Waals surface area contributed by atoms with Crippen molar-refractivity contribution in [2.45, 2.75) is 6.42 Å². The van der Waals surface area contributed by atoms with Crippen LogP contribution in [0.1, 0.15) is 5.56 Å². The van der Waals surface area contributed by atoms with Crippen LogP contribution in [0.25, 0.3) is 0 Å². The molecular formula is C20H18FN3O2S. The number of benzene rings is 2. The van der Waals surface area contributed by atoms with Gasteiger partial charge in [0.05, 0.1) is 5.69 Å². The van der Waals surface area contributed by atoms with Crippen LogP contribution in [-0.2, 0) is 16.0 Å². The van der Waals surface area contributed by atoms with E-state index in [4.69, 9.17) is 12.2 Å². The van der Waals surface area contributed by atoms with Gasteiger partial charge in [-0.15, -0.1) is 0 Å². The summed E-state index contributed by atoms with van der Waals surface area (Å²) in [7, 11) is 3.89. The lowest BCUT2D eigenvalue weighted by Gasteiger charge is -2.29. The van der Waals surface area contributed by atoms with Gasteiger partial charge < -0.3 is 4.90 Å². The third-order valence-corrected chi connectivity index (χ3v) is 4.47. The van der Waals surface area contributed by atoms with E-state index in [1.807, 2.05) is 43.3 Å². The number of carbonyl (C=O) groups is 2. The zero-order valence-corrected chi connectivity index (χ0v) is 15.7. The molecule has 0 radical (unpaired) electrons. The Morgan fingerprint density at radius 1 is 1.11 bits per heavy atom. The fourth-order valence-electron chi connectivity index (χ4n) is 2.71. The van der Waals surface area contributed by atoms with Crippen molar-refractivity contribution in [3.8, 4) is 0 Å². The van der Waals surface area contributed by atoms with Gasteiger partial charge in [0.15, 0.2) is 5.11 Å². The molecule has 0 aromatic heterocycles. The predicted molar refractivity (Wildman–Crippen MR) is 107 cm³/mol. The van der Waals surface area contributed by atoms with Gasteiger partial charge in [0.2, 0.25) is 0 Å². The highest BCUT2D eigenvalue weighted by Gasteiger charge is 2.35. The molecule has 1 saturated heterocycles. The van der Waals surface area contributed by atoms with E-state index < -0.39 is 17.6 Å². The highest BCUT2D eigenvalue weighted by atomic mass is 32.1. The van der Waals surface area contributed by atoms with Crippen molar-refractivity contribution in [3.05, 3.63) is 71.6 Å². The van der Waals surface area contributed by atoms with Crippen LogP contribution >= 0.6 is 12.2 Å². The van der Waals surface area contributed by atoms with Crippen molar-refractivity contribution < 1.29 is 14.0 Å². The summed E-state index contributed by atoms with van der Waals surface area (Å²) in [5.41, 5.74) is 1.94. The maximum Gasteiger partial charge on any atom is 0.270 e. The summed E-state index contributed by atoms with van der Waals surface area (Å²) < 4.78 is 14.1. The molecule has 1 aliphatic rings. The fourth-order valence-corrected chi connectivity index (χ4v) is 2.99. The molecule has 0 spiro atoms. The molecule has 7 heteroatoms. The number of nitrogens with zero attached hydrogens (tertiary/aromatic N) is 2. The number of halogens is 1. The number of amides is 2. The molecule has 1 heterocycles. The van der Waals surface area contributed by atoms with Gasteiger partial charge in [-0.05, 0) is 48.5 Å². The SMILES string of the molecule is CN(C)c1ccc(C/C=C2/C(=O)NC(=S)N(c3ccccc3F)C2=O)cc1. The van der Waals surface area contributed by atoms with Crippen LogP contribution in [0.15, 0.2) is 60.2 Å². The predicted octanol–water partition coefficient (Wildman–Crippen LogP) is 2.81. The summed E-state index contributed by atoms with van der Waals surface area (Å²) in [6.07, 6.45) is 1.93. The third kappa shape index (κ3) is 3.88. The summed E-state index contributed by atoms with van der Waals surface area (Å²) in [6.45, 7) is 0. The van der Waals surface area contributed by atoms with E-state index in [0.29, 0.717) is 6.42 Å².